The minimum absolute atomic E-state index is 0.148. The van der Waals surface area contributed by atoms with Gasteiger partial charge in [-0.3, -0.25) is 4.79 Å². The second-order valence-corrected chi connectivity index (χ2v) is 9.18. The van der Waals surface area contributed by atoms with Gasteiger partial charge in [0.25, 0.3) is 5.91 Å². The highest BCUT2D eigenvalue weighted by atomic mass is 32.2. The molecule has 0 saturated heterocycles. The maximum Gasteiger partial charge on any atom is 0.274 e. The smallest absolute Gasteiger partial charge is 0.274 e. The predicted molar refractivity (Wildman–Crippen MR) is 113 cm³/mol. The Bertz CT molecular complexity index is 989. The highest BCUT2D eigenvalue weighted by Crippen LogP contribution is 2.31. The molecule has 0 spiro atoms. The van der Waals surface area contributed by atoms with Crippen LogP contribution in [0.1, 0.15) is 42.2 Å². The van der Waals surface area contributed by atoms with E-state index >= 15 is 0 Å². The van der Waals surface area contributed by atoms with E-state index in [1.54, 1.807) is 19.1 Å². The van der Waals surface area contributed by atoms with Crippen LogP contribution in [-0.2, 0) is 10.0 Å². The van der Waals surface area contributed by atoms with Gasteiger partial charge in [0.1, 0.15) is 17.8 Å². The molecule has 2 aromatic rings. The van der Waals surface area contributed by atoms with Crippen LogP contribution in [0.4, 0.5) is 11.5 Å². The molecular weight excluding hydrogens is 390 g/mol. The van der Waals surface area contributed by atoms with Gasteiger partial charge in [-0.15, -0.1) is 0 Å². The third kappa shape index (κ3) is 5.30. The number of sulfonamides is 1. The van der Waals surface area contributed by atoms with Crippen molar-refractivity contribution < 1.29 is 13.2 Å². The van der Waals surface area contributed by atoms with Crippen molar-refractivity contribution in [2.24, 2.45) is 5.92 Å². The van der Waals surface area contributed by atoms with Crippen molar-refractivity contribution >= 4 is 27.4 Å². The van der Waals surface area contributed by atoms with E-state index in [4.69, 9.17) is 0 Å². The highest BCUT2D eigenvalue weighted by Gasteiger charge is 2.25. The second-order valence-electron chi connectivity index (χ2n) is 7.29. The second kappa shape index (κ2) is 8.87. The van der Waals surface area contributed by atoms with Crippen molar-refractivity contribution in [1.29, 1.82) is 0 Å². The molecule has 29 heavy (non-hydrogen) atoms. The number of hydrogen-bond acceptors (Lipinski definition) is 6. The number of carbonyl (C=O) groups is 1. The van der Waals surface area contributed by atoms with E-state index < -0.39 is 10.0 Å². The van der Waals surface area contributed by atoms with Crippen LogP contribution in [0.3, 0.4) is 0 Å². The zero-order valence-electron chi connectivity index (χ0n) is 17.0. The van der Waals surface area contributed by atoms with Crippen LogP contribution in [0.15, 0.2) is 35.5 Å². The first-order chi connectivity index (χ1) is 13.8. The maximum absolute atomic E-state index is 12.7. The topological polar surface area (TPSA) is 104 Å². The van der Waals surface area contributed by atoms with Crippen LogP contribution < -0.4 is 14.9 Å². The summed E-state index contributed by atoms with van der Waals surface area (Å²) in [4.78, 5) is 23.5. The van der Waals surface area contributed by atoms with E-state index in [1.807, 2.05) is 0 Å². The van der Waals surface area contributed by atoms with Gasteiger partial charge in [0, 0.05) is 24.8 Å². The molecule has 1 heterocycles. The number of rotatable bonds is 9. The fraction of sp³-hybridized carbons (Fsp3) is 0.450. The summed E-state index contributed by atoms with van der Waals surface area (Å²) < 4.78 is 26.1. The SMILES string of the molecule is CCCN(CC1CC1)c1cc(C(=O)Nc2ccc(S(=O)(=O)NC)cc2C)ncn1. The van der Waals surface area contributed by atoms with Gasteiger partial charge in [0.15, 0.2) is 0 Å². The molecule has 2 N–H and O–H groups in total. The molecule has 3 rings (SSSR count). The van der Waals surface area contributed by atoms with Gasteiger partial charge in [-0.25, -0.2) is 23.1 Å². The number of aryl methyl sites for hydroxylation is 1. The lowest BCUT2D eigenvalue weighted by atomic mass is 10.2. The first kappa shape index (κ1) is 21.2. The molecule has 1 saturated carbocycles. The van der Waals surface area contributed by atoms with Crippen molar-refractivity contribution in [1.82, 2.24) is 14.7 Å². The molecule has 1 amide bonds. The van der Waals surface area contributed by atoms with Gasteiger partial charge >= 0.3 is 0 Å². The average molecular weight is 418 g/mol. The summed E-state index contributed by atoms with van der Waals surface area (Å²) in [6.07, 6.45) is 4.91. The third-order valence-electron chi connectivity index (χ3n) is 4.90. The third-order valence-corrected chi connectivity index (χ3v) is 6.32. The molecule has 1 aromatic heterocycles. The van der Waals surface area contributed by atoms with Crippen molar-refractivity contribution in [3.63, 3.8) is 0 Å². The Hall–Kier alpha value is -2.52. The number of hydrogen-bond donors (Lipinski definition) is 2. The van der Waals surface area contributed by atoms with Gasteiger partial charge in [-0.1, -0.05) is 6.92 Å². The first-order valence-corrected chi connectivity index (χ1v) is 11.2. The summed E-state index contributed by atoms with van der Waals surface area (Å²) in [6.45, 7) is 5.70. The molecule has 0 bridgehead atoms. The molecule has 0 aliphatic heterocycles. The molecule has 156 valence electrons. The Morgan fingerprint density at radius 1 is 1.24 bits per heavy atom. The lowest BCUT2D eigenvalue weighted by Gasteiger charge is -2.23. The van der Waals surface area contributed by atoms with Crippen molar-refractivity contribution in [2.75, 3.05) is 30.4 Å². The minimum Gasteiger partial charge on any atom is -0.356 e. The molecule has 0 radical (unpaired) electrons. The van der Waals surface area contributed by atoms with Crippen LogP contribution in [0.5, 0.6) is 0 Å². The van der Waals surface area contributed by atoms with Crippen LogP contribution in [0.2, 0.25) is 0 Å². The number of anilines is 2. The number of benzene rings is 1. The number of nitrogens with zero attached hydrogens (tertiary/aromatic N) is 3. The normalized spacial score (nSPS) is 13.9. The number of aromatic nitrogens is 2. The van der Waals surface area contributed by atoms with Crippen LogP contribution >= 0.6 is 0 Å². The molecule has 1 aliphatic carbocycles. The minimum atomic E-state index is -3.53. The fourth-order valence-electron chi connectivity index (χ4n) is 3.07. The predicted octanol–water partition coefficient (Wildman–Crippen LogP) is 2.57. The summed E-state index contributed by atoms with van der Waals surface area (Å²) in [7, 11) is -2.17. The van der Waals surface area contributed by atoms with Crippen LogP contribution in [0.25, 0.3) is 0 Å². The number of nitrogens with one attached hydrogen (secondary N) is 2. The highest BCUT2D eigenvalue weighted by molar-refractivity contribution is 7.89. The Morgan fingerprint density at radius 3 is 2.62 bits per heavy atom. The van der Waals surface area contributed by atoms with E-state index in [9.17, 15) is 13.2 Å². The first-order valence-electron chi connectivity index (χ1n) is 9.76. The fourth-order valence-corrected chi connectivity index (χ4v) is 3.89. The van der Waals surface area contributed by atoms with Crippen molar-refractivity contribution in [3.05, 3.63) is 41.9 Å². The van der Waals surface area contributed by atoms with Gasteiger partial charge in [-0.05, 0) is 62.9 Å². The van der Waals surface area contributed by atoms with Crippen molar-refractivity contribution in [3.8, 4) is 0 Å². The van der Waals surface area contributed by atoms with E-state index in [2.05, 4.69) is 31.8 Å². The lowest BCUT2D eigenvalue weighted by molar-refractivity contribution is 0.102. The van der Waals surface area contributed by atoms with Gasteiger partial charge in [0.05, 0.1) is 4.90 Å². The zero-order chi connectivity index (χ0) is 21.0. The monoisotopic (exact) mass is 417 g/mol. The largest absolute Gasteiger partial charge is 0.356 e. The standard InChI is InChI=1S/C20H27N5O3S/c1-4-9-25(12-15-5-6-15)19-11-18(22-13-23-19)20(26)24-17-8-7-16(10-14(17)2)29(27,28)21-3/h7-8,10-11,13,15,21H,4-6,9,12H2,1-3H3,(H,24,26). The molecule has 1 fully saturated rings. The lowest BCUT2D eigenvalue weighted by Crippen LogP contribution is -2.28. The van der Waals surface area contributed by atoms with E-state index in [1.165, 1.54) is 38.3 Å². The molecular formula is C20H27N5O3S. The Morgan fingerprint density at radius 2 is 2.00 bits per heavy atom. The summed E-state index contributed by atoms with van der Waals surface area (Å²) in [6, 6.07) is 6.27. The Labute approximate surface area is 171 Å². The molecule has 9 heteroatoms. The number of carbonyl (C=O) groups excluding carboxylic acids is 1. The molecule has 1 aliphatic rings. The van der Waals surface area contributed by atoms with Gasteiger partial charge in [0.2, 0.25) is 10.0 Å². The van der Waals surface area contributed by atoms with E-state index in [0.29, 0.717) is 17.2 Å². The van der Waals surface area contributed by atoms with Gasteiger partial charge in [-0.2, -0.15) is 0 Å². The van der Waals surface area contributed by atoms with Crippen LogP contribution in [-0.4, -0.2) is 44.4 Å². The van der Waals surface area contributed by atoms with Crippen LogP contribution in [0, 0.1) is 12.8 Å². The molecule has 1 aromatic carbocycles. The van der Waals surface area contributed by atoms with Gasteiger partial charge < -0.3 is 10.2 Å². The Balaban J connectivity index is 1.77. The molecule has 0 atom stereocenters. The quantitative estimate of drug-likeness (QED) is 0.650. The summed E-state index contributed by atoms with van der Waals surface area (Å²) >= 11 is 0. The molecule has 8 nitrogen and oxygen atoms in total. The summed E-state index contributed by atoms with van der Waals surface area (Å²) in [5.74, 6) is 1.11. The average Bonchev–Trinajstić information content (AvgIpc) is 3.53. The number of amides is 1. The Kier molecular flexibility index (Phi) is 6.49. The summed E-state index contributed by atoms with van der Waals surface area (Å²) in [5, 5.41) is 2.81. The summed E-state index contributed by atoms with van der Waals surface area (Å²) in [5.41, 5.74) is 1.46. The maximum atomic E-state index is 12.7. The van der Waals surface area contributed by atoms with Crippen molar-refractivity contribution in [2.45, 2.75) is 38.0 Å². The molecule has 0 unspecified atom stereocenters. The van der Waals surface area contributed by atoms with E-state index in [0.717, 1.165) is 25.3 Å². The zero-order valence-corrected chi connectivity index (χ0v) is 17.8. The van der Waals surface area contributed by atoms with E-state index in [-0.39, 0.29) is 16.5 Å².